The third-order valence-electron chi connectivity index (χ3n) is 3.43. The zero-order chi connectivity index (χ0) is 18.5. The van der Waals surface area contributed by atoms with Gasteiger partial charge in [-0.2, -0.15) is 0 Å². The highest BCUT2D eigenvalue weighted by molar-refractivity contribution is 7.99. The largest absolute Gasteiger partial charge is 0.465 e. The maximum atomic E-state index is 12.3. The van der Waals surface area contributed by atoms with Crippen molar-refractivity contribution in [1.29, 1.82) is 0 Å². The van der Waals surface area contributed by atoms with E-state index in [4.69, 9.17) is 4.74 Å². The molecule has 0 saturated heterocycles. The molecule has 0 atom stereocenters. The Morgan fingerprint density at radius 3 is 2.73 bits per heavy atom. The number of carbonyl (C=O) groups excluding carboxylic acids is 2. The molecule has 0 aliphatic carbocycles. The second-order valence-corrected chi connectivity index (χ2v) is 6.96. The number of benzene rings is 1. The van der Waals surface area contributed by atoms with E-state index in [1.807, 2.05) is 35.7 Å². The minimum Gasteiger partial charge on any atom is -0.465 e. The molecule has 134 valence electrons. The summed E-state index contributed by atoms with van der Waals surface area (Å²) in [7, 11) is 3.01. The number of hydrogen-bond donors (Lipinski definition) is 1. The fourth-order valence-corrected chi connectivity index (χ4v) is 3.84. The number of nitrogens with one attached hydrogen (secondary N) is 1. The number of hydrogen-bond acceptors (Lipinski definition) is 8. The van der Waals surface area contributed by atoms with Gasteiger partial charge in [-0.1, -0.05) is 42.1 Å². The minimum absolute atomic E-state index is 0.118. The highest BCUT2D eigenvalue weighted by Crippen LogP contribution is 2.36. The zero-order valence-corrected chi connectivity index (χ0v) is 15.6. The molecule has 0 spiro atoms. The SMILES string of the molecule is COC(=O)c1c(-c2ccccc2)csc1NC(=O)CSc1nnnn1C. The van der Waals surface area contributed by atoms with Crippen molar-refractivity contribution >= 4 is 40.0 Å². The number of tetrazole rings is 1. The summed E-state index contributed by atoms with van der Waals surface area (Å²) in [5.41, 5.74) is 1.95. The number of aromatic nitrogens is 4. The maximum Gasteiger partial charge on any atom is 0.341 e. The number of carbonyl (C=O) groups is 2. The molecule has 0 saturated carbocycles. The Labute approximate surface area is 157 Å². The van der Waals surface area contributed by atoms with Gasteiger partial charge in [-0.3, -0.25) is 4.79 Å². The lowest BCUT2D eigenvalue weighted by molar-refractivity contribution is -0.113. The second-order valence-electron chi connectivity index (χ2n) is 5.13. The molecule has 0 aliphatic heterocycles. The van der Waals surface area contributed by atoms with Crippen molar-refractivity contribution < 1.29 is 14.3 Å². The van der Waals surface area contributed by atoms with Gasteiger partial charge in [-0.25, -0.2) is 9.48 Å². The normalized spacial score (nSPS) is 10.5. The van der Waals surface area contributed by atoms with Crippen LogP contribution in [0.4, 0.5) is 5.00 Å². The Morgan fingerprint density at radius 1 is 1.31 bits per heavy atom. The molecule has 3 aromatic rings. The van der Waals surface area contributed by atoms with Gasteiger partial charge in [0.25, 0.3) is 0 Å². The van der Waals surface area contributed by atoms with Crippen LogP contribution in [0.2, 0.25) is 0 Å². The molecule has 0 fully saturated rings. The molecule has 0 radical (unpaired) electrons. The summed E-state index contributed by atoms with van der Waals surface area (Å²) in [5, 5.41) is 16.6. The first kappa shape index (κ1) is 18.1. The monoisotopic (exact) mass is 389 g/mol. The minimum atomic E-state index is -0.495. The molecule has 10 heteroatoms. The van der Waals surface area contributed by atoms with Gasteiger partial charge in [0.1, 0.15) is 10.6 Å². The summed E-state index contributed by atoms with van der Waals surface area (Å²) in [6.45, 7) is 0. The number of thioether (sulfide) groups is 1. The molecule has 1 N–H and O–H groups in total. The van der Waals surface area contributed by atoms with Gasteiger partial charge in [-0.15, -0.1) is 16.4 Å². The van der Waals surface area contributed by atoms with Crippen molar-refractivity contribution in [1.82, 2.24) is 20.2 Å². The van der Waals surface area contributed by atoms with Gasteiger partial charge in [0.15, 0.2) is 0 Å². The smallest absolute Gasteiger partial charge is 0.341 e. The van der Waals surface area contributed by atoms with E-state index in [0.717, 1.165) is 11.1 Å². The Hall–Kier alpha value is -2.72. The van der Waals surface area contributed by atoms with Crippen LogP contribution in [0.1, 0.15) is 10.4 Å². The highest BCUT2D eigenvalue weighted by Gasteiger charge is 2.22. The summed E-state index contributed by atoms with van der Waals surface area (Å²) in [6.07, 6.45) is 0. The van der Waals surface area contributed by atoms with Crippen molar-refractivity contribution in [2.75, 3.05) is 18.2 Å². The zero-order valence-electron chi connectivity index (χ0n) is 14.0. The Bertz CT molecular complexity index is 923. The maximum absolute atomic E-state index is 12.3. The first-order valence-electron chi connectivity index (χ1n) is 7.50. The topological polar surface area (TPSA) is 99.0 Å². The number of ether oxygens (including phenoxy) is 1. The van der Waals surface area contributed by atoms with Gasteiger partial charge in [0.05, 0.1) is 12.9 Å². The number of rotatable bonds is 6. The van der Waals surface area contributed by atoms with Crippen molar-refractivity contribution in [3.63, 3.8) is 0 Å². The van der Waals surface area contributed by atoms with E-state index >= 15 is 0 Å². The molecular formula is C16H15N5O3S2. The summed E-state index contributed by atoms with van der Waals surface area (Å²) >= 11 is 2.49. The van der Waals surface area contributed by atoms with Crippen molar-refractivity contribution in [3.05, 3.63) is 41.3 Å². The average Bonchev–Trinajstić information content (AvgIpc) is 3.26. The Kier molecular flexibility index (Phi) is 5.64. The van der Waals surface area contributed by atoms with Crippen molar-refractivity contribution in [3.8, 4) is 11.1 Å². The molecule has 1 amide bonds. The molecule has 26 heavy (non-hydrogen) atoms. The first-order chi connectivity index (χ1) is 12.6. The van der Waals surface area contributed by atoms with Crippen LogP contribution < -0.4 is 5.32 Å². The quantitative estimate of drug-likeness (QED) is 0.511. The fourth-order valence-electron chi connectivity index (χ4n) is 2.22. The van der Waals surface area contributed by atoms with E-state index < -0.39 is 5.97 Å². The third kappa shape index (κ3) is 3.92. The van der Waals surface area contributed by atoms with Crippen LogP contribution in [0.3, 0.4) is 0 Å². The van der Waals surface area contributed by atoms with Crippen LogP contribution >= 0.6 is 23.1 Å². The highest BCUT2D eigenvalue weighted by atomic mass is 32.2. The standard InChI is InChI=1S/C16H15N5O3S2/c1-21-16(18-19-20-21)26-9-12(22)17-14-13(15(23)24-2)11(8-25-14)10-6-4-3-5-7-10/h3-8H,9H2,1-2H3,(H,17,22). The molecule has 2 heterocycles. The van der Waals surface area contributed by atoms with E-state index in [0.29, 0.717) is 15.7 Å². The van der Waals surface area contributed by atoms with E-state index in [2.05, 4.69) is 20.8 Å². The van der Waals surface area contributed by atoms with Crippen LogP contribution in [0.5, 0.6) is 0 Å². The molecule has 1 aromatic carbocycles. The number of amides is 1. The van der Waals surface area contributed by atoms with E-state index in [9.17, 15) is 9.59 Å². The van der Waals surface area contributed by atoms with E-state index in [1.165, 1.54) is 34.9 Å². The lowest BCUT2D eigenvalue weighted by Gasteiger charge is -2.07. The molecular weight excluding hydrogens is 374 g/mol. The lowest BCUT2D eigenvalue weighted by atomic mass is 10.0. The predicted octanol–water partition coefficient (Wildman–Crippen LogP) is 2.46. The summed E-state index contributed by atoms with van der Waals surface area (Å²) in [4.78, 5) is 24.5. The predicted molar refractivity (Wildman–Crippen MR) is 99.2 cm³/mol. The fraction of sp³-hybridized carbons (Fsp3) is 0.188. The first-order valence-corrected chi connectivity index (χ1v) is 9.37. The third-order valence-corrected chi connectivity index (χ3v) is 5.34. The van der Waals surface area contributed by atoms with Gasteiger partial charge in [0.2, 0.25) is 11.1 Å². The van der Waals surface area contributed by atoms with Gasteiger partial charge >= 0.3 is 5.97 Å². The number of thiophene rings is 1. The molecule has 2 aromatic heterocycles. The Morgan fingerprint density at radius 2 is 2.08 bits per heavy atom. The number of anilines is 1. The summed E-state index contributed by atoms with van der Waals surface area (Å²) in [6, 6.07) is 9.47. The number of nitrogens with zero attached hydrogens (tertiary/aromatic N) is 4. The van der Waals surface area contributed by atoms with Crippen LogP contribution in [0, 0.1) is 0 Å². The molecule has 0 unspecified atom stereocenters. The van der Waals surface area contributed by atoms with Crippen LogP contribution in [0.15, 0.2) is 40.9 Å². The van der Waals surface area contributed by atoms with Crippen LogP contribution in [-0.4, -0.2) is 44.9 Å². The van der Waals surface area contributed by atoms with Crippen molar-refractivity contribution in [2.24, 2.45) is 7.05 Å². The van der Waals surface area contributed by atoms with E-state index in [1.54, 1.807) is 7.05 Å². The molecule has 8 nitrogen and oxygen atoms in total. The average molecular weight is 389 g/mol. The number of esters is 1. The number of methoxy groups -OCH3 is 1. The van der Waals surface area contributed by atoms with Crippen LogP contribution in [-0.2, 0) is 16.6 Å². The van der Waals surface area contributed by atoms with Gasteiger partial charge in [0, 0.05) is 18.0 Å². The summed E-state index contributed by atoms with van der Waals surface area (Å²) < 4.78 is 6.38. The number of aryl methyl sites for hydroxylation is 1. The van der Waals surface area contributed by atoms with Crippen LogP contribution in [0.25, 0.3) is 11.1 Å². The molecule has 0 aliphatic rings. The van der Waals surface area contributed by atoms with Gasteiger partial charge < -0.3 is 10.1 Å². The molecule has 0 bridgehead atoms. The van der Waals surface area contributed by atoms with Crippen molar-refractivity contribution in [2.45, 2.75) is 5.16 Å². The van der Waals surface area contributed by atoms with Gasteiger partial charge in [-0.05, 0) is 16.0 Å². The summed E-state index contributed by atoms with van der Waals surface area (Å²) in [5.74, 6) is -0.636. The second kappa shape index (κ2) is 8.11. The lowest BCUT2D eigenvalue weighted by Crippen LogP contribution is -2.16. The molecule has 3 rings (SSSR count). The Balaban J connectivity index is 1.79. The van der Waals surface area contributed by atoms with E-state index in [-0.39, 0.29) is 11.7 Å².